The smallest absolute Gasteiger partial charge is 0.407 e. The number of carbonyl (C=O) groups is 4. The molecule has 2 aromatic carbocycles. The van der Waals surface area contributed by atoms with Crippen LogP contribution in [0.5, 0.6) is 11.5 Å². The Hall–Kier alpha value is -5.86. The number of nitrogens with zero attached hydrogens (tertiary/aromatic N) is 4. The molecule has 0 spiro atoms. The zero-order valence-electron chi connectivity index (χ0n) is 37.5. The van der Waals surface area contributed by atoms with Gasteiger partial charge in [0.15, 0.2) is 0 Å². The number of imidazole rings is 2. The van der Waals surface area contributed by atoms with Crippen LogP contribution in [0.3, 0.4) is 0 Å². The first-order valence-corrected chi connectivity index (χ1v) is 23.4. The van der Waals surface area contributed by atoms with Crippen molar-refractivity contribution >= 4 is 24.0 Å². The Bertz CT molecular complexity index is 2360. The molecule has 4 fully saturated rings. The number of ether oxygens (including phenoxy) is 3. The van der Waals surface area contributed by atoms with E-state index in [1.807, 2.05) is 34.3 Å². The summed E-state index contributed by atoms with van der Waals surface area (Å²) in [6.07, 6.45) is 15.9. The average Bonchev–Trinajstić information content (AvgIpc) is 4.17. The van der Waals surface area contributed by atoms with Crippen molar-refractivity contribution in [1.82, 2.24) is 40.4 Å². The van der Waals surface area contributed by atoms with Crippen LogP contribution >= 0.6 is 0 Å². The quantitative estimate of drug-likeness (QED) is 0.121. The van der Waals surface area contributed by atoms with E-state index in [2.05, 4.69) is 58.7 Å². The number of likely N-dealkylation sites (tertiary alicyclic amines) is 2. The Morgan fingerprint density at radius 2 is 1.12 bits per heavy atom. The second-order valence-electron chi connectivity index (χ2n) is 18.9. The van der Waals surface area contributed by atoms with Crippen LogP contribution in [-0.4, -0.2) is 93.1 Å². The van der Waals surface area contributed by atoms with Crippen molar-refractivity contribution in [3.63, 3.8) is 0 Å². The molecule has 0 bridgehead atoms. The molecular weight excluding hydrogens is 813 g/mol. The van der Waals surface area contributed by atoms with E-state index in [1.54, 1.807) is 0 Å². The highest BCUT2D eigenvalue weighted by Gasteiger charge is 2.42. The Kier molecular flexibility index (Phi) is 12.4. The fraction of sp³-hybridized carbons (Fsp3) is 0.551. The molecule has 9 rings (SSSR count). The van der Waals surface area contributed by atoms with Gasteiger partial charge >= 0.3 is 12.2 Å². The molecule has 15 heteroatoms. The number of methoxy groups -OCH3 is 2. The fourth-order valence-electron chi connectivity index (χ4n) is 11.2. The summed E-state index contributed by atoms with van der Waals surface area (Å²) >= 11 is 0. The van der Waals surface area contributed by atoms with Gasteiger partial charge in [-0.1, -0.05) is 64.5 Å². The highest BCUT2D eigenvalue weighted by molar-refractivity contribution is 5.87. The van der Waals surface area contributed by atoms with E-state index >= 15 is 0 Å². The highest BCUT2D eigenvalue weighted by Crippen LogP contribution is 2.50. The Morgan fingerprint density at radius 1 is 0.641 bits per heavy atom. The minimum Gasteiger partial charge on any atom is -0.457 e. The van der Waals surface area contributed by atoms with Gasteiger partial charge in [-0.15, -0.1) is 0 Å². The summed E-state index contributed by atoms with van der Waals surface area (Å²) in [5, 5.41) is 5.76. The van der Waals surface area contributed by atoms with Crippen LogP contribution in [0, 0.1) is 11.8 Å². The van der Waals surface area contributed by atoms with Gasteiger partial charge < -0.3 is 44.6 Å². The van der Waals surface area contributed by atoms with E-state index in [-0.39, 0.29) is 35.7 Å². The van der Waals surface area contributed by atoms with Crippen LogP contribution in [0.1, 0.15) is 139 Å². The summed E-state index contributed by atoms with van der Waals surface area (Å²) in [7, 11) is 2.67. The van der Waals surface area contributed by atoms with Gasteiger partial charge in [-0.05, 0) is 87.5 Å². The molecule has 340 valence electrons. The Labute approximate surface area is 374 Å². The summed E-state index contributed by atoms with van der Waals surface area (Å²) in [4.78, 5) is 73.5. The van der Waals surface area contributed by atoms with Crippen molar-refractivity contribution in [3.05, 3.63) is 71.6 Å². The molecule has 4 amide bonds. The van der Waals surface area contributed by atoms with Crippen LogP contribution in [0.4, 0.5) is 9.59 Å². The number of hydrogen-bond donors (Lipinski definition) is 4. The first kappa shape index (κ1) is 43.4. The van der Waals surface area contributed by atoms with Crippen molar-refractivity contribution < 1.29 is 33.4 Å². The number of hydrogen-bond acceptors (Lipinski definition) is 9. The molecule has 15 nitrogen and oxygen atoms in total. The number of carbonyl (C=O) groups excluding carboxylic acids is 4. The van der Waals surface area contributed by atoms with Crippen molar-refractivity contribution in [1.29, 1.82) is 0 Å². The maximum Gasteiger partial charge on any atom is 0.407 e. The van der Waals surface area contributed by atoms with Crippen molar-refractivity contribution in [2.24, 2.45) is 11.8 Å². The summed E-state index contributed by atoms with van der Waals surface area (Å²) in [5.74, 6) is 3.03. The van der Waals surface area contributed by atoms with E-state index in [0.29, 0.717) is 13.1 Å². The van der Waals surface area contributed by atoms with Crippen LogP contribution in [0.15, 0.2) is 48.8 Å². The lowest BCUT2D eigenvalue weighted by atomic mass is 9.75. The number of fused-ring (bicyclic) bond motifs is 2. The van der Waals surface area contributed by atoms with Crippen LogP contribution in [0.25, 0.3) is 22.5 Å². The Balaban J connectivity index is 0.905. The molecule has 2 aliphatic carbocycles. The monoisotopic (exact) mass is 874 g/mol. The molecule has 0 unspecified atom stereocenters. The number of nitrogens with one attached hydrogen (secondary N) is 4. The van der Waals surface area contributed by atoms with E-state index in [1.165, 1.54) is 14.2 Å². The molecule has 3 aliphatic heterocycles. The second kappa shape index (κ2) is 18.3. The van der Waals surface area contributed by atoms with E-state index in [9.17, 15) is 19.2 Å². The van der Waals surface area contributed by atoms with Crippen molar-refractivity contribution in [2.45, 2.75) is 133 Å². The average molecular weight is 875 g/mol. The van der Waals surface area contributed by atoms with Crippen LogP contribution in [0.2, 0.25) is 0 Å². The van der Waals surface area contributed by atoms with Gasteiger partial charge in [-0.3, -0.25) is 9.59 Å². The predicted molar refractivity (Wildman–Crippen MR) is 239 cm³/mol. The SMILES string of the molecule is COC(=O)N[C@H](C(=O)N1CCC[C@H]1c1ncc(-c2ccc3c(c2)Oc2ccc(-c4cnc([C@@H]5CCCN5C(=O)[C@@H](NC(=O)OC)C5CCCCC5)[nH]4)cc2C3(C)C)[nH]1)C1CCCCC1. The number of amides is 4. The van der Waals surface area contributed by atoms with E-state index < -0.39 is 29.7 Å². The first-order chi connectivity index (χ1) is 31.0. The maximum atomic E-state index is 14.2. The molecule has 2 saturated heterocycles. The normalized spacial score (nSPS) is 21.9. The van der Waals surface area contributed by atoms with Crippen molar-refractivity contribution in [3.8, 4) is 34.0 Å². The molecule has 4 atom stereocenters. The third-order valence-corrected chi connectivity index (χ3v) is 14.7. The number of alkyl carbamates (subject to hydrolysis) is 2. The predicted octanol–water partition coefficient (Wildman–Crippen LogP) is 8.84. The topological polar surface area (TPSA) is 184 Å². The van der Waals surface area contributed by atoms with Crippen LogP contribution in [-0.2, 0) is 24.5 Å². The van der Waals surface area contributed by atoms with Gasteiger partial charge in [0.05, 0.1) is 50.1 Å². The minimum atomic E-state index is -0.622. The molecule has 2 aromatic heterocycles. The number of aromatic amines is 2. The summed E-state index contributed by atoms with van der Waals surface area (Å²) in [5.41, 5.74) is 5.28. The van der Waals surface area contributed by atoms with Gasteiger partial charge in [0.2, 0.25) is 11.8 Å². The molecule has 5 heterocycles. The molecule has 64 heavy (non-hydrogen) atoms. The zero-order valence-corrected chi connectivity index (χ0v) is 37.5. The fourth-order valence-corrected chi connectivity index (χ4v) is 11.2. The maximum absolute atomic E-state index is 14.2. The molecule has 5 aliphatic rings. The summed E-state index contributed by atoms with van der Waals surface area (Å²) < 4.78 is 16.5. The van der Waals surface area contributed by atoms with Gasteiger partial charge in [-0.25, -0.2) is 19.6 Å². The molecule has 4 N–H and O–H groups in total. The standard InChI is InChI=1S/C49H62N8O7/c1-49(2)33-21-19-32(36-28-51-44(53-36)38-18-12-24-57(38)46(59)42(55-48(61)63-4)30-15-9-6-10-16-30)26-40(33)64-39-22-20-31(25-34(39)49)35-27-50-43(52-35)37-17-11-23-56(37)45(58)41(54-47(60)62-3)29-13-7-5-8-14-29/h19-22,25-30,37-38,41-42H,5-18,23-24H2,1-4H3,(H,50,52)(H,51,53)(H,54,60)(H,55,61)/t37-,38-,41-,42-/m0/s1. The lowest BCUT2D eigenvalue weighted by molar-refractivity contribution is -0.136. The van der Waals surface area contributed by atoms with Crippen LogP contribution < -0.4 is 15.4 Å². The number of rotatable bonds is 10. The first-order valence-electron chi connectivity index (χ1n) is 23.4. The third kappa shape index (κ3) is 8.45. The summed E-state index contributed by atoms with van der Waals surface area (Å²) in [6, 6.07) is 10.8. The lowest BCUT2D eigenvalue weighted by Crippen LogP contribution is -2.52. The van der Waals surface area contributed by atoms with Gasteiger partial charge in [0.25, 0.3) is 0 Å². The van der Waals surface area contributed by atoms with Gasteiger partial charge in [0.1, 0.15) is 35.2 Å². The highest BCUT2D eigenvalue weighted by atomic mass is 16.5. The Morgan fingerprint density at radius 3 is 1.62 bits per heavy atom. The number of H-pyrrole nitrogens is 2. The number of aromatic nitrogens is 4. The summed E-state index contributed by atoms with van der Waals surface area (Å²) in [6.45, 7) is 5.63. The second-order valence-corrected chi connectivity index (χ2v) is 18.9. The van der Waals surface area contributed by atoms with E-state index in [0.717, 1.165) is 147 Å². The van der Waals surface area contributed by atoms with E-state index in [4.69, 9.17) is 24.2 Å². The largest absolute Gasteiger partial charge is 0.457 e. The minimum absolute atomic E-state index is 0.0678. The molecule has 4 aromatic rings. The molecule has 2 saturated carbocycles. The van der Waals surface area contributed by atoms with Crippen molar-refractivity contribution in [2.75, 3.05) is 27.3 Å². The third-order valence-electron chi connectivity index (χ3n) is 14.7. The van der Waals surface area contributed by atoms with Gasteiger partial charge in [-0.2, -0.15) is 0 Å². The molecular formula is C49H62N8O7. The zero-order chi connectivity index (χ0) is 44.5. The number of benzene rings is 2. The lowest BCUT2D eigenvalue weighted by Gasteiger charge is -2.35. The molecule has 0 radical (unpaired) electrons. The van der Waals surface area contributed by atoms with Gasteiger partial charge in [0, 0.05) is 40.8 Å².